The van der Waals surface area contributed by atoms with Gasteiger partial charge in [0.15, 0.2) is 0 Å². The van der Waals surface area contributed by atoms with E-state index in [1.165, 1.54) is 4.90 Å². The van der Waals surface area contributed by atoms with E-state index in [0.29, 0.717) is 22.3 Å². The maximum absolute atomic E-state index is 12.4. The second kappa shape index (κ2) is 9.03. The molecule has 8 heteroatoms. The van der Waals surface area contributed by atoms with Crippen molar-refractivity contribution in [1.82, 2.24) is 4.90 Å². The fourth-order valence-electron chi connectivity index (χ4n) is 2.64. The first-order valence-corrected chi connectivity index (χ1v) is 11.2. The number of halogens is 3. The quantitative estimate of drug-likeness (QED) is 0.384. The number of benzene rings is 2. The lowest BCUT2D eigenvalue weighted by Crippen LogP contribution is -2.34. The highest BCUT2D eigenvalue weighted by molar-refractivity contribution is 9.11. The average molecular weight is 546 g/mol. The predicted molar refractivity (Wildman–Crippen MR) is 121 cm³/mol. The van der Waals surface area contributed by atoms with Crippen LogP contribution < -0.4 is 4.74 Å². The summed E-state index contributed by atoms with van der Waals surface area (Å²) in [4.78, 5) is 26.2. The molecule has 0 N–H and O–H groups in total. The van der Waals surface area contributed by atoms with Gasteiger partial charge in [-0.1, -0.05) is 29.8 Å². The standard InChI is InChI=1S/C20H16Br2ClNO3S/c1-11(2)24-19(25)17(28-20(24)26)9-12-7-14(21)18(15(22)8-12)27-10-13-5-3-4-6-16(13)23/h3-9,11H,10H2,1-2H3/b17-9+. The molecule has 0 unspecified atom stereocenters. The highest BCUT2D eigenvalue weighted by Crippen LogP contribution is 2.38. The van der Waals surface area contributed by atoms with Gasteiger partial charge in [0.2, 0.25) is 0 Å². The molecule has 0 spiro atoms. The Morgan fingerprint density at radius 3 is 2.39 bits per heavy atom. The fourth-order valence-corrected chi connectivity index (χ4v) is 5.24. The van der Waals surface area contributed by atoms with Crippen LogP contribution in [-0.4, -0.2) is 22.1 Å². The average Bonchev–Trinajstić information content (AvgIpc) is 2.89. The van der Waals surface area contributed by atoms with Gasteiger partial charge in [0, 0.05) is 16.6 Å². The van der Waals surface area contributed by atoms with Crippen LogP contribution in [0, 0.1) is 0 Å². The smallest absolute Gasteiger partial charge is 0.293 e. The van der Waals surface area contributed by atoms with Crippen molar-refractivity contribution >= 4 is 72.4 Å². The lowest BCUT2D eigenvalue weighted by Gasteiger charge is -2.16. The molecule has 4 nitrogen and oxygen atoms in total. The number of amides is 2. The van der Waals surface area contributed by atoms with Crippen LogP contribution in [0.2, 0.25) is 5.02 Å². The molecular weight excluding hydrogens is 530 g/mol. The first-order valence-electron chi connectivity index (χ1n) is 8.40. The molecule has 1 fully saturated rings. The summed E-state index contributed by atoms with van der Waals surface area (Å²) in [6.45, 7) is 3.96. The van der Waals surface area contributed by atoms with E-state index in [0.717, 1.165) is 31.8 Å². The van der Waals surface area contributed by atoms with Crippen LogP contribution in [0.5, 0.6) is 5.75 Å². The number of ether oxygens (including phenoxy) is 1. The summed E-state index contributed by atoms with van der Waals surface area (Å²) in [6.07, 6.45) is 1.71. The van der Waals surface area contributed by atoms with Crippen molar-refractivity contribution in [3.05, 3.63) is 66.4 Å². The van der Waals surface area contributed by atoms with Gasteiger partial charge in [-0.2, -0.15) is 0 Å². The Morgan fingerprint density at radius 1 is 1.18 bits per heavy atom. The molecule has 2 aromatic rings. The van der Waals surface area contributed by atoms with Gasteiger partial charge in [0.1, 0.15) is 12.4 Å². The van der Waals surface area contributed by atoms with Crippen molar-refractivity contribution in [3.63, 3.8) is 0 Å². The molecule has 0 atom stereocenters. The van der Waals surface area contributed by atoms with E-state index in [2.05, 4.69) is 31.9 Å². The second-order valence-corrected chi connectivity index (χ2v) is 9.45. The van der Waals surface area contributed by atoms with Gasteiger partial charge in [0.05, 0.1) is 13.9 Å². The lowest BCUT2D eigenvalue weighted by atomic mass is 10.2. The Hall–Kier alpha value is -1.28. The maximum atomic E-state index is 12.4. The zero-order valence-electron chi connectivity index (χ0n) is 15.0. The molecule has 0 aromatic heterocycles. The normalized spacial score (nSPS) is 15.8. The highest BCUT2D eigenvalue weighted by atomic mass is 79.9. The Labute approximate surface area is 189 Å². The molecule has 146 valence electrons. The summed E-state index contributed by atoms with van der Waals surface area (Å²) in [5.41, 5.74) is 1.66. The topological polar surface area (TPSA) is 46.6 Å². The van der Waals surface area contributed by atoms with Gasteiger partial charge >= 0.3 is 0 Å². The molecule has 0 saturated carbocycles. The lowest BCUT2D eigenvalue weighted by molar-refractivity contribution is -0.123. The van der Waals surface area contributed by atoms with Gasteiger partial charge in [-0.05, 0) is 87.3 Å². The Kier molecular flexibility index (Phi) is 6.91. The number of hydrogen-bond acceptors (Lipinski definition) is 4. The van der Waals surface area contributed by atoms with Crippen LogP contribution >= 0.6 is 55.2 Å². The van der Waals surface area contributed by atoms with Crippen LogP contribution in [0.4, 0.5) is 4.79 Å². The van der Waals surface area contributed by atoms with E-state index < -0.39 is 0 Å². The van der Waals surface area contributed by atoms with E-state index in [9.17, 15) is 9.59 Å². The van der Waals surface area contributed by atoms with E-state index >= 15 is 0 Å². The minimum Gasteiger partial charge on any atom is -0.486 e. The minimum absolute atomic E-state index is 0.169. The number of carbonyl (C=O) groups excluding carboxylic acids is 2. The second-order valence-electron chi connectivity index (χ2n) is 6.34. The van der Waals surface area contributed by atoms with E-state index in [4.69, 9.17) is 16.3 Å². The van der Waals surface area contributed by atoms with Crippen molar-refractivity contribution in [2.24, 2.45) is 0 Å². The largest absolute Gasteiger partial charge is 0.486 e. The predicted octanol–water partition coefficient (Wildman–Crippen LogP) is 6.89. The monoisotopic (exact) mass is 543 g/mol. The summed E-state index contributed by atoms with van der Waals surface area (Å²) < 4.78 is 7.36. The zero-order chi connectivity index (χ0) is 20.4. The summed E-state index contributed by atoms with van der Waals surface area (Å²) in [6, 6.07) is 11.0. The summed E-state index contributed by atoms with van der Waals surface area (Å²) in [5.74, 6) is 0.364. The molecular formula is C20H16Br2ClNO3S. The number of hydrogen-bond donors (Lipinski definition) is 0. The molecule has 1 aliphatic heterocycles. The van der Waals surface area contributed by atoms with Crippen molar-refractivity contribution in [3.8, 4) is 5.75 Å². The van der Waals surface area contributed by atoms with Gasteiger partial charge in [-0.3, -0.25) is 14.5 Å². The Morgan fingerprint density at radius 2 is 1.82 bits per heavy atom. The van der Waals surface area contributed by atoms with Gasteiger partial charge in [-0.15, -0.1) is 0 Å². The molecule has 1 aliphatic rings. The first-order chi connectivity index (χ1) is 13.3. The van der Waals surface area contributed by atoms with Gasteiger partial charge in [0.25, 0.3) is 11.1 Å². The number of carbonyl (C=O) groups is 2. The number of imide groups is 1. The molecule has 0 radical (unpaired) electrons. The summed E-state index contributed by atoms with van der Waals surface area (Å²) >= 11 is 14.2. The third-order valence-corrected chi connectivity index (χ3v) is 6.42. The van der Waals surface area contributed by atoms with E-state index in [1.54, 1.807) is 6.08 Å². The van der Waals surface area contributed by atoms with Crippen molar-refractivity contribution in [2.75, 3.05) is 0 Å². The number of thioether (sulfide) groups is 1. The van der Waals surface area contributed by atoms with Crippen molar-refractivity contribution in [1.29, 1.82) is 0 Å². The van der Waals surface area contributed by atoms with Crippen LogP contribution in [0.1, 0.15) is 25.0 Å². The number of rotatable bonds is 5. The van der Waals surface area contributed by atoms with Crippen molar-refractivity contribution < 1.29 is 14.3 Å². The van der Waals surface area contributed by atoms with E-state index in [1.807, 2.05) is 50.2 Å². The SMILES string of the molecule is CC(C)N1C(=O)S/C(=C/c2cc(Br)c(OCc3ccccc3Cl)c(Br)c2)C1=O. The molecule has 0 bridgehead atoms. The number of nitrogens with zero attached hydrogens (tertiary/aromatic N) is 1. The molecule has 3 rings (SSSR count). The Bertz CT molecular complexity index is 955. The van der Waals surface area contributed by atoms with Crippen LogP contribution in [0.25, 0.3) is 6.08 Å². The minimum atomic E-state index is -0.267. The fraction of sp³-hybridized carbons (Fsp3) is 0.200. The molecule has 1 saturated heterocycles. The van der Waals surface area contributed by atoms with Gasteiger partial charge in [-0.25, -0.2) is 0 Å². The van der Waals surface area contributed by atoms with Crippen molar-refractivity contribution in [2.45, 2.75) is 26.5 Å². The van der Waals surface area contributed by atoms with E-state index in [-0.39, 0.29) is 17.2 Å². The van der Waals surface area contributed by atoms with Crippen LogP contribution in [-0.2, 0) is 11.4 Å². The third kappa shape index (κ3) is 4.64. The van der Waals surface area contributed by atoms with Crippen LogP contribution in [0.15, 0.2) is 50.2 Å². The maximum Gasteiger partial charge on any atom is 0.293 e. The first kappa shape index (κ1) is 21.4. The molecule has 28 heavy (non-hydrogen) atoms. The summed E-state index contributed by atoms with van der Waals surface area (Å²) in [5, 5.41) is 0.399. The Balaban J connectivity index is 1.82. The molecule has 0 aliphatic carbocycles. The molecule has 1 heterocycles. The zero-order valence-corrected chi connectivity index (χ0v) is 19.8. The van der Waals surface area contributed by atoms with Crippen LogP contribution in [0.3, 0.4) is 0 Å². The van der Waals surface area contributed by atoms with Gasteiger partial charge < -0.3 is 4.74 Å². The summed E-state index contributed by atoms with van der Waals surface area (Å²) in [7, 11) is 0. The molecule has 2 amide bonds. The molecule has 2 aromatic carbocycles. The third-order valence-electron chi connectivity index (χ3n) is 3.99. The highest BCUT2D eigenvalue weighted by Gasteiger charge is 2.36.